The maximum atomic E-state index is 12.2. The fourth-order valence-electron chi connectivity index (χ4n) is 3.07. The molecule has 0 bridgehead atoms. The molecule has 0 radical (unpaired) electrons. The molecule has 1 aromatic rings. The van der Waals surface area contributed by atoms with Gasteiger partial charge in [0.15, 0.2) is 0 Å². The quantitative estimate of drug-likeness (QED) is 0.807. The lowest BCUT2D eigenvalue weighted by Gasteiger charge is -2.37. The smallest absolute Gasteiger partial charge is 0.345 e. The van der Waals surface area contributed by atoms with Gasteiger partial charge in [-0.2, -0.15) is 0 Å². The molecule has 1 aromatic heterocycles. The van der Waals surface area contributed by atoms with Crippen LogP contribution in [0.3, 0.4) is 0 Å². The Balaban J connectivity index is 1.95. The van der Waals surface area contributed by atoms with Gasteiger partial charge in [-0.25, -0.2) is 4.79 Å². The van der Waals surface area contributed by atoms with Crippen molar-refractivity contribution in [3.05, 3.63) is 21.9 Å². The highest BCUT2D eigenvalue weighted by Crippen LogP contribution is 2.38. The van der Waals surface area contributed by atoms with Gasteiger partial charge >= 0.3 is 5.97 Å². The summed E-state index contributed by atoms with van der Waals surface area (Å²) >= 11 is 1.02. The van der Waals surface area contributed by atoms with Gasteiger partial charge in [-0.3, -0.25) is 4.79 Å². The van der Waals surface area contributed by atoms with E-state index in [1.165, 1.54) is 25.3 Å². The van der Waals surface area contributed by atoms with Crippen molar-refractivity contribution in [3.63, 3.8) is 0 Å². The van der Waals surface area contributed by atoms with Gasteiger partial charge in [0.1, 0.15) is 4.88 Å². The third kappa shape index (κ3) is 4.30. The van der Waals surface area contributed by atoms with E-state index in [0.717, 1.165) is 30.6 Å². The third-order valence-electron chi connectivity index (χ3n) is 4.42. The molecule has 0 aliphatic heterocycles. The van der Waals surface area contributed by atoms with Crippen LogP contribution in [0.25, 0.3) is 0 Å². The molecule has 5 nitrogen and oxygen atoms in total. The number of hydrogen-bond acceptors (Lipinski definition) is 4. The molecule has 0 aromatic carbocycles. The first-order valence-electron chi connectivity index (χ1n) is 7.67. The van der Waals surface area contributed by atoms with Gasteiger partial charge in [-0.15, -0.1) is 11.3 Å². The van der Waals surface area contributed by atoms with Crippen LogP contribution in [-0.4, -0.2) is 37.2 Å². The van der Waals surface area contributed by atoms with Gasteiger partial charge in [0.05, 0.1) is 4.88 Å². The average molecular weight is 325 g/mol. The summed E-state index contributed by atoms with van der Waals surface area (Å²) in [6, 6.07) is 3.05. The average Bonchev–Trinajstić information content (AvgIpc) is 3.02. The lowest BCUT2D eigenvalue weighted by molar-refractivity contribution is 0.0702. The Bertz CT molecular complexity index is 520. The summed E-state index contributed by atoms with van der Waals surface area (Å²) in [6.07, 6.45) is 6.83. The number of thiophene rings is 1. The Kier molecular flexibility index (Phi) is 5.97. The van der Waals surface area contributed by atoms with Crippen LogP contribution in [0.5, 0.6) is 0 Å². The second kappa shape index (κ2) is 7.74. The Morgan fingerprint density at radius 2 is 1.95 bits per heavy atom. The fourth-order valence-corrected chi connectivity index (χ4v) is 3.83. The van der Waals surface area contributed by atoms with E-state index in [9.17, 15) is 9.59 Å². The number of methoxy groups -OCH3 is 1. The highest BCUT2D eigenvalue weighted by molar-refractivity contribution is 7.15. The van der Waals surface area contributed by atoms with E-state index in [1.54, 1.807) is 13.2 Å². The van der Waals surface area contributed by atoms with E-state index < -0.39 is 5.97 Å². The number of aromatic carboxylic acids is 1. The third-order valence-corrected chi connectivity index (χ3v) is 5.49. The molecule has 1 amide bonds. The van der Waals surface area contributed by atoms with E-state index in [0.29, 0.717) is 18.0 Å². The van der Waals surface area contributed by atoms with Crippen LogP contribution < -0.4 is 5.32 Å². The SMILES string of the molecule is COCCC1(CNC(=O)c2ccc(C(=O)O)s2)CCCCC1. The second-order valence-corrected chi connectivity index (χ2v) is 7.04. The zero-order chi connectivity index (χ0) is 16.0. The van der Waals surface area contributed by atoms with Crippen molar-refractivity contribution >= 4 is 23.2 Å². The number of carbonyl (C=O) groups is 2. The maximum absolute atomic E-state index is 12.2. The van der Waals surface area contributed by atoms with Gasteiger partial charge in [0.2, 0.25) is 0 Å². The van der Waals surface area contributed by atoms with Crippen molar-refractivity contribution in [3.8, 4) is 0 Å². The van der Waals surface area contributed by atoms with Gasteiger partial charge in [-0.05, 0) is 36.8 Å². The van der Waals surface area contributed by atoms with Crippen molar-refractivity contribution < 1.29 is 19.4 Å². The van der Waals surface area contributed by atoms with Gasteiger partial charge in [-0.1, -0.05) is 19.3 Å². The molecule has 1 aliphatic rings. The molecule has 2 rings (SSSR count). The molecular formula is C16H23NO4S. The van der Waals surface area contributed by atoms with Crippen LogP contribution in [0, 0.1) is 5.41 Å². The summed E-state index contributed by atoms with van der Waals surface area (Å²) < 4.78 is 5.21. The van der Waals surface area contributed by atoms with Crippen LogP contribution in [0.2, 0.25) is 0 Å². The van der Waals surface area contributed by atoms with Crippen molar-refractivity contribution in [2.75, 3.05) is 20.3 Å². The fraction of sp³-hybridized carbons (Fsp3) is 0.625. The first kappa shape index (κ1) is 17.0. The minimum Gasteiger partial charge on any atom is -0.477 e. The van der Waals surface area contributed by atoms with Crippen LogP contribution in [-0.2, 0) is 4.74 Å². The molecule has 22 heavy (non-hydrogen) atoms. The zero-order valence-electron chi connectivity index (χ0n) is 12.9. The van der Waals surface area contributed by atoms with Crippen molar-refractivity contribution in [2.24, 2.45) is 5.41 Å². The van der Waals surface area contributed by atoms with E-state index in [-0.39, 0.29) is 16.2 Å². The molecule has 1 heterocycles. The topological polar surface area (TPSA) is 75.6 Å². The summed E-state index contributed by atoms with van der Waals surface area (Å²) in [5.74, 6) is -1.17. The summed E-state index contributed by atoms with van der Waals surface area (Å²) in [7, 11) is 1.70. The van der Waals surface area contributed by atoms with Crippen molar-refractivity contribution in [1.29, 1.82) is 0 Å². The number of amides is 1. The zero-order valence-corrected chi connectivity index (χ0v) is 13.7. The molecule has 0 unspecified atom stereocenters. The van der Waals surface area contributed by atoms with Crippen LogP contribution >= 0.6 is 11.3 Å². The lowest BCUT2D eigenvalue weighted by Crippen LogP contribution is -2.39. The predicted molar refractivity (Wildman–Crippen MR) is 85.6 cm³/mol. The van der Waals surface area contributed by atoms with Crippen LogP contribution in [0.4, 0.5) is 0 Å². The molecule has 1 aliphatic carbocycles. The van der Waals surface area contributed by atoms with Crippen molar-refractivity contribution in [1.82, 2.24) is 5.32 Å². The molecule has 2 N–H and O–H groups in total. The lowest BCUT2D eigenvalue weighted by atomic mass is 9.72. The van der Waals surface area contributed by atoms with E-state index in [2.05, 4.69) is 5.32 Å². The Labute approximate surface area is 134 Å². The van der Waals surface area contributed by atoms with E-state index >= 15 is 0 Å². The molecule has 6 heteroatoms. The predicted octanol–water partition coefficient (Wildman–Crippen LogP) is 3.16. The molecule has 0 atom stereocenters. The Hall–Kier alpha value is -1.40. The first-order valence-corrected chi connectivity index (χ1v) is 8.48. The van der Waals surface area contributed by atoms with E-state index in [4.69, 9.17) is 9.84 Å². The largest absolute Gasteiger partial charge is 0.477 e. The minimum absolute atomic E-state index is 0.122. The summed E-state index contributed by atoms with van der Waals surface area (Å²) in [5, 5.41) is 11.9. The molecule has 0 saturated heterocycles. The van der Waals surface area contributed by atoms with Crippen molar-refractivity contribution in [2.45, 2.75) is 38.5 Å². The standard InChI is InChI=1S/C16H23NO4S/c1-21-10-9-16(7-3-2-4-8-16)11-17-14(18)12-5-6-13(22-12)15(19)20/h5-6H,2-4,7-11H2,1H3,(H,17,18)(H,19,20). The minimum atomic E-state index is -0.993. The summed E-state index contributed by atoms with van der Waals surface area (Å²) in [4.78, 5) is 23.7. The Morgan fingerprint density at radius 3 is 2.55 bits per heavy atom. The van der Waals surface area contributed by atoms with Gasteiger partial charge < -0.3 is 15.2 Å². The number of rotatable bonds is 7. The monoisotopic (exact) mass is 325 g/mol. The van der Waals surface area contributed by atoms with Gasteiger partial charge in [0.25, 0.3) is 5.91 Å². The summed E-state index contributed by atoms with van der Waals surface area (Å²) in [6.45, 7) is 1.34. The number of carboxylic acids is 1. The first-order chi connectivity index (χ1) is 10.6. The number of ether oxygens (including phenoxy) is 1. The number of nitrogens with one attached hydrogen (secondary N) is 1. The number of carbonyl (C=O) groups excluding carboxylic acids is 1. The molecular weight excluding hydrogens is 302 g/mol. The van der Waals surface area contributed by atoms with Crippen LogP contribution in [0.15, 0.2) is 12.1 Å². The molecule has 1 saturated carbocycles. The summed E-state index contributed by atoms with van der Waals surface area (Å²) in [5.41, 5.74) is 0.122. The maximum Gasteiger partial charge on any atom is 0.345 e. The highest BCUT2D eigenvalue weighted by atomic mass is 32.1. The molecule has 1 fully saturated rings. The normalized spacial score (nSPS) is 17.1. The highest BCUT2D eigenvalue weighted by Gasteiger charge is 2.32. The molecule has 0 spiro atoms. The molecule has 122 valence electrons. The number of hydrogen-bond donors (Lipinski definition) is 2. The van der Waals surface area contributed by atoms with E-state index in [1.807, 2.05) is 0 Å². The second-order valence-electron chi connectivity index (χ2n) is 5.96. The van der Waals surface area contributed by atoms with Gasteiger partial charge in [0, 0.05) is 20.3 Å². The Morgan fingerprint density at radius 1 is 1.27 bits per heavy atom. The van der Waals surface area contributed by atoms with Crippen LogP contribution in [0.1, 0.15) is 57.9 Å². The number of carboxylic acid groups (broad SMARTS) is 1.